The molecule has 1 aromatic carbocycles. The molecule has 0 aliphatic carbocycles. The van der Waals surface area contributed by atoms with Crippen molar-refractivity contribution in [3.8, 4) is 5.75 Å². The second kappa shape index (κ2) is 13.9. The monoisotopic (exact) mass is 812 g/mol. The van der Waals surface area contributed by atoms with Gasteiger partial charge in [-0.2, -0.15) is 0 Å². The van der Waals surface area contributed by atoms with Gasteiger partial charge in [-0.05, 0) is 79.9 Å². The number of carbonyl (C=O) groups is 2. The maximum Gasteiger partial charge on any atom is 0.472 e. The van der Waals surface area contributed by atoms with Gasteiger partial charge in [0.25, 0.3) is 0 Å². The largest absolute Gasteiger partial charge is 0.480 e. The number of quaternary nitrogens is 1. The topological polar surface area (TPSA) is 118 Å². The van der Waals surface area contributed by atoms with Crippen molar-refractivity contribution in [1.29, 1.82) is 0 Å². The number of esters is 2. The third-order valence-electron chi connectivity index (χ3n) is 3.50. The summed E-state index contributed by atoms with van der Waals surface area (Å²) in [5, 5.41) is 0. The van der Waals surface area contributed by atoms with Crippen molar-refractivity contribution in [2.45, 2.75) is 13.0 Å². The lowest BCUT2D eigenvalue weighted by Gasteiger charge is -2.25. The van der Waals surface area contributed by atoms with E-state index < -0.39 is 32.5 Å². The van der Waals surface area contributed by atoms with Crippen molar-refractivity contribution in [2.24, 2.45) is 0 Å². The van der Waals surface area contributed by atoms with Gasteiger partial charge >= 0.3 is 19.8 Å². The summed E-state index contributed by atoms with van der Waals surface area (Å²) in [7, 11) is 1.23. The summed E-state index contributed by atoms with van der Waals surface area (Å²) in [5.41, 5.74) is 0. The van der Waals surface area contributed by atoms with Crippen molar-refractivity contribution in [2.75, 3.05) is 54.1 Å². The molecular weight excluding hydrogens is 786 g/mol. The molecule has 0 aromatic heterocycles. The summed E-state index contributed by atoms with van der Waals surface area (Å²) < 4.78 is 40.9. The summed E-state index contributed by atoms with van der Waals surface area (Å²) in [6, 6.07) is 3.81. The first-order chi connectivity index (χ1) is 14.7. The zero-order valence-electron chi connectivity index (χ0n) is 18.0. The second-order valence-electron chi connectivity index (χ2n) is 7.52. The van der Waals surface area contributed by atoms with Crippen LogP contribution in [0.2, 0.25) is 0 Å². The molecule has 32 heavy (non-hydrogen) atoms. The van der Waals surface area contributed by atoms with Crippen LogP contribution < -0.4 is 4.74 Å². The summed E-state index contributed by atoms with van der Waals surface area (Å²) >= 11 is 6.40. The molecule has 0 amide bonds. The predicted molar refractivity (Wildman–Crippen MR) is 141 cm³/mol. The molecule has 10 nitrogen and oxygen atoms in total. The summed E-state index contributed by atoms with van der Waals surface area (Å²) in [5.74, 6) is -0.776. The number of ether oxygens (including phenoxy) is 3. The Kier molecular flexibility index (Phi) is 13.2. The highest BCUT2D eigenvalue weighted by atomic mass is 127. The summed E-state index contributed by atoms with van der Waals surface area (Å²) in [4.78, 5) is 33.2. The number of hydrogen-bond acceptors (Lipinski definition) is 8. The van der Waals surface area contributed by atoms with Gasteiger partial charge in [0.1, 0.15) is 38.2 Å². The Bertz CT molecular complexity index is 824. The summed E-state index contributed by atoms with van der Waals surface area (Å²) in [6.07, 6.45) is -1.19. The number of phosphoric ester groups is 1. The minimum absolute atomic E-state index is 0.0293. The first kappa shape index (κ1) is 30.3. The number of likely N-dealkylation sites (N-methyl/N-ethyl adjacent to an activating group) is 1. The van der Waals surface area contributed by atoms with E-state index in [2.05, 4.69) is 67.8 Å². The molecule has 0 saturated carbocycles. The number of nitrogens with zero attached hydrogens (tertiary/aromatic N) is 1. The molecule has 0 saturated heterocycles. The number of carbonyl (C=O) groups excluding carboxylic acids is 2. The average Bonchev–Trinajstić information content (AvgIpc) is 2.61. The molecule has 0 heterocycles. The fourth-order valence-corrected chi connectivity index (χ4v) is 6.76. The molecule has 0 fully saturated rings. The van der Waals surface area contributed by atoms with Crippen LogP contribution in [0.4, 0.5) is 0 Å². The molecule has 182 valence electrons. The van der Waals surface area contributed by atoms with Crippen LogP contribution in [-0.2, 0) is 32.7 Å². The lowest BCUT2D eigenvalue weighted by Crippen LogP contribution is -2.37. The van der Waals surface area contributed by atoms with Gasteiger partial charge in [0, 0.05) is 10.5 Å². The first-order valence-corrected chi connectivity index (χ1v) is 13.9. The lowest BCUT2D eigenvalue weighted by atomic mass is 10.3. The highest BCUT2D eigenvalue weighted by Crippen LogP contribution is 2.44. The maximum atomic E-state index is 12.2. The second-order valence-corrected chi connectivity index (χ2v) is 12.5. The quantitative estimate of drug-likeness (QED) is 0.139. The molecule has 0 radical (unpaired) electrons. The lowest BCUT2D eigenvalue weighted by molar-refractivity contribution is -0.870. The molecule has 1 rings (SSSR count). The minimum Gasteiger partial charge on any atom is -0.480 e. The first-order valence-electron chi connectivity index (χ1n) is 9.21. The van der Waals surface area contributed by atoms with Gasteiger partial charge in [-0.3, -0.25) is 13.8 Å². The van der Waals surface area contributed by atoms with Crippen LogP contribution in [0, 0.1) is 10.7 Å². The third-order valence-corrected chi connectivity index (χ3v) is 6.80. The molecule has 2 unspecified atom stereocenters. The molecule has 0 aliphatic heterocycles. The van der Waals surface area contributed by atoms with Crippen LogP contribution in [0.3, 0.4) is 0 Å². The zero-order valence-corrected chi connectivity index (χ0v) is 25.4. The maximum absolute atomic E-state index is 12.2. The van der Waals surface area contributed by atoms with E-state index in [0.717, 1.165) is 10.7 Å². The molecule has 0 spiro atoms. The minimum atomic E-state index is -4.46. The van der Waals surface area contributed by atoms with E-state index in [1.54, 1.807) is 0 Å². The fourth-order valence-electron chi connectivity index (χ4n) is 1.99. The smallest absolute Gasteiger partial charge is 0.472 e. The van der Waals surface area contributed by atoms with Crippen molar-refractivity contribution in [1.82, 2.24) is 0 Å². The van der Waals surface area contributed by atoms with E-state index >= 15 is 0 Å². The Balaban J connectivity index is 2.63. The average molecular weight is 812 g/mol. The van der Waals surface area contributed by atoms with Gasteiger partial charge in [0.15, 0.2) is 6.61 Å². The SMILES string of the molecule is CC(=O)OCC(COC(=O)COc1c(I)cc(I)cc1I)OP(=O)(O)OCC[N+](C)(C)C. The van der Waals surface area contributed by atoms with E-state index in [1.807, 2.05) is 33.3 Å². The highest BCUT2D eigenvalue weighted by molar-refractivity contribution is 14.1. The molecule has 1 aromatic rings. The van der Waals surface area contributed by atoms with Crippen molar-refractivity contribution in [3.63, 3.8) is 0 Å². The van der Waals surface area contributed by atoms with E-state index in [-0.39, 0.29) is 19.8 Å². The Hall–Kier alpha value is 0.220. The van der Waals surface area contributed by atoms with Crippen molar-refractivity contribution < 1.29 is 46.8 Å². The van der Waals surface area contributed by atoms with Crippen LogP contribution in [0.15, 0.2) is 12.1 Å². The van der Waals surface area contributed by atoms with Gasteiger partial charge < -0.3 is 23.6 Å². The van der Waals surface area contributed by atoms with Crippen LogP contribution in [0.25, 0.3) is 0 Å². The van der Waals surface area contributed by atoms with Gasteiger partial charge in [0.2, 0.25) is 0 Å². The van der Waals surface area contributed by atoms with E-state index in [0.29, 0.717) is 16.8 Å². The molecule has 14 heteroatoms. The number of rotatable bonds is 13. The number of phosphoric acid groups is 1. The number of hydrogen-bond donors (Lipinski definition) is 1. The molecule has 2 atom stereocenters. The van der Waals surface area contributed by atoms with Crippen LogP contribution in [0.5, 0.6) is 5.75 Å². The van der Waals surface area contributed by atoms with Crippen LogP contribution in [-0.4, -0.2) is 81.5 Å². The van der Waals surface area contributed by atoms with Crippen molar-refractivity contribution in [3.05, 3.63) is 22.8 Å². The summed E-state index contributed by atoms with van der Waals surface area (Å²) in [6.45, 7) is 0.420. The Morgan fingerprint density at radius 1 is 1.09 bits per heavy atom. The zero-order chi connectivity index (χ0) is 24.5. The predicted octanol–water partition coefficient (Wildman–Crippen LogP) is 3.19. The van der Waals surface area contributed by atoms with E-state index in [1.165, 1.54) is 6.92 Å². The van der Waals surface area contributed by atoms with Gasteiger partial charge in [-0.25, -0.2) is 9.36 Å². The standard InChI is InChI=1S/C18H25I3NO9P/c1-12(23)27-9-14(31-32(25,26)30-6-5-22(2,3)4)10-28-17(24)11-29-18-15(20)7-13(19)8-16(18)21/h7-8,14H,5-6,9-11H2,1-4H3/p+1. The van der Waals surface area contributed by atoms with Gasteiger partial charge in [-0.1, -0.05) is 0 Å². The van der Waals surface area contributed by atoms with E-state index in [9.17, 15) is 19.0 Å². The Morgan fingerprint density at radius 3 is 2.19 bits per heavy atom. The molecule has 1 N–H and O–H groups in total. The highest BCUT2D eigenvalue weighted by Gasteiger charge is 2.29. The Labute approximate surface area is 228 Å². The van der Waals surface area contributed by atoms with Gasteiger partial charge in [0.05, 0.1) is 28.3 Å². The van der Waals surface area contributed by atoms with Crippen molar-refractivity contribution >= 4 is 87.5 Å². The van der Waals surface area contributed by atoms with Crippen LogP contribution >= 0.6 is 75.6 Å². The molecule has 0 aliphatic rings. The number of halogens is 3. The number of benzene rings is 1. The Morgan fingerprint density at radius 2 is 1.66 bits per heavy atom. The van der Waals surface area contributed by atoms with Gasteiger partial charge in [-0.15, -0.1) is 0 Å². The fraction of sp³-hybridized carbons (Fsp3) is 0.556. The van der Waals surface area contributed by atoms with Crippen LogP contribution in [0.1, 0.15) is 6.92 Å². The molecule has 0 bridgehead atoms. The third kappa shape index (κ3) is 13.2. The molecular formula is C18H26I3NO9P+. The van der Waals surface area contributed by atoms with E-state index in [4.69, 9.17) is 23.3 Å². The normalized spacial score (nSPS) is 14.4.